The summed E-state index contributed by atoms with van der Waals surface area (Å²) >= 11 is 0. The van der Waals surface area contributed by atoms with Crippen molar-refractivity contribution in [3.63, 3.8) is 0 Å². The molecule has 1 aliphatic carbocycles. The highest BCUT2D eigenvalue weighted by molar-refractivity contribution is 5.94. The van der Waals surface area contributed by atoms with E-state index in [1.165, 1.54) is 22.2 Å². The second-order valence-electron chi connectivity index (χ2n) is 9.79. The van der Waals surface area contributed by atoms with Crippen LogP contribution in [0.4, 0.5) is 0 Å². The number of ether oxygens (including phenoxy) is 1. The number of carbonyl (C=O) groups is 1. The second-order valence-corrected chi connectivity index (χ2v) is 9.79. The van der Waals surface area contributed by atoms with Crippen LogP contribution >= 0.6 is 0 Å². The predicted molar refractivity (Wildman–Crippen MR) is 139 cm³/mol. The molecule has 1 aliphatic heterocycles. The Kier molecular flexibility index (Phi) is 6.15. The van der Waals surface area contributed by atoms with Crippen LogP contribution in [0.5, 0.6) is 5.75 Å². The normalized spacial score (nSPS) is 15.6. The molecule has 36 heavy (non-hydrogen) atoms. The molecule has 0 bridgehead atoms. The van der Waals surface area contributed by atoms with Gasteiger partial charge in [0.05, 0.1) is 12.6 Å². The number of nitrogens with one attached hydrogen (secondary N) is 1. The van der Waals surface area contributed by atoms with Crippen LogP contribution in [0.1, 0.15) is 45.7 Å². The minimum atomic E-state index is -0.0341. The lowest BCUT2D eigenvalue weighted by Crippen LogP contribution is -2.33. The van der Waals surface area contributed by atoms with E-state index in [0.717, 1.165) is 68.7 Å². The number of amides is 1. The molecule has 2 aliphatic rings. The maximum absolute atomic E-state index is 13.1. The highest BCUT2D eigenvalue weighted by atomic mass is 16.5. The minimum absolute atomic E-state index is 0.0341. The van der Waals surface area contributed by atoms with E-state index >= 15 is 0 Å². The van der Waals surface area contributed by atoms with Crippen molar-refractivity contribution in [2.45, 2.75) is 51.4 Å². The number of benzene rings is 2. The number of aryl methyl sites for hydroxylation is 2. The molecule has 4 aromatic rings. The highest BCUT2D eigenvalue weighted by Crippen LogP contribution is 2.27. The number of pyridine rings is 1. The first-order valence-electron chi connectivity index (χ1n) is 12.8. The van der Waals surface area contributed by atoms with Gasteiger partial charge in [0.2, 0.25) is 0 Å². The third kappa shape index (κ3) is 4.71. The molecule has 0 atom stereocenters. The van der Waals surface area contributed by atoms with E-state index in [4.69, 9.17) is 9.84 Å². The molecule has 2 aromatic heterocycles. The molecule has 0 radical (unpaired) electrons. The van der Waals surface area contributed by atoms with Gasteiger partial charge >= 0.3 is 0 Å². The van der Waals surface area contributed by atoms with Crippen molar-refractivity contribution < 1.29 is 9.53 Å². The number of hydrogen-bond donors (Lipinski definition) is 1. The van der Waals surface area contributed by atoms with Gasteiger partial charge in [0, 0.05) is 61.5 Å². The molecule has 7 nitrogen and oxygen atoms in total. The molecular formula is C29H31N5O2. The summed E-state index contributed by atoms with van der Waals surface area (Å²) in [7, 11) is 1.68. The fourth-order valence-corrected chi connectivity index (χ4v) is 5.09. The predicted octanol–water partition coefficient (Wildman–Crippen LogP) is 4.13. The van der Waals surface area contributed by atoms with Crippen molar-refractivity contribution in [3.05, 3.63) is 88.9 Å². The lowest BCUT2D eigenvalue weighted by Gasteiger charge is -2.28. The number of para-hydroxylation sites is 1. The number of hydrogen-bond acceptors (Lipinski definition) is 5. The van der Waals surface area contributed by atoms with E-state index in [1.807, 2.05) is 24.4 Å². The molecule has 1 amide bonds. The molecule has 184 valence electrons. The van der Waals surface area contributed by atoms with E-state index in [1.54, 1.807) is 7.11 Å². The summed E-state index contributed by atoms with van der Waals surface area (Å²) in [6.45, 7) is 3.23. The van der Waals surface area contributed by atoms with Crippen molar-refractivity contribution in [2.24, 2.45) is 0 Å². The van der Waals surface area contributed by atoms with Gasteiger partial charge in [0.25, 0.3) is 5.91 Å². The van der Waals surface area contributed by atoms with Crippen LogP contribution in [0, 0.1) is 0 Å². The summed E-state index contributed by atoms with van der Waals surface area (Å²) in [5, 5.41) is 9.20. The Hall–Kier alpha value is -3.71. The first-order valence-corrected chi connectivity index (χ1v) is 12.8. The number of rotatable bonds is 8. The molecule has 6 rings (SSSR count). The largest absolute Gasteiger partial charge is 0.497 e. The fraction of sp³-hybridized carbons (Fsp3) is 0.345. The molecule has 1 N–H and O–H groups in total. The van der Waals surface area contributed by atoms with Crippen LogP contribution < -0.4 is 10.1 Å². The average Bonchev–Trinajstić information content (AvgIpc) is 3.66. The Bertz CT molecular complexity index is 1390. The summed E-state index contributed by atoms with van der Waals surface area (Å²) in [6, 6.07) is 18.9. The monoisotopic (exact) mass is 481 g/mol. The number of fused-ring (bicyclic) bond motifs is 2. The van der Waals surface area contributed by atoms with Crippen LogP contribution in [0.3, 0.4) is 0 Å². The molecule has 1 fully saturated rings. The van der Waals surface area contributed by atoms with Gasteiger partial charge in [-0.2, -0.15) is 5.10 Å². The lowest BCUT2D eigenvalue weighted by molar-refractivity contribution is 0.0943. The van der Waals surface area contributed by atoms with Crippen molar-refractivity contribution in [2.75, 3.05) is 13.7 Å². The minimum Gasteiger partial charge on any atom is -0.497 e. The molecular weight excluding hydrogens is 450 g/mol. The van der Waals surface area contributed by atoms with E-state index in [-0.39, 0.29) is 5.91 Å². The molecule has 1 saturated carbocycles. The summed E-state index contributed by atoms with van der Waals surface area (Å²) in [4.78, 5) is 20.1. The van der Waals surface area contributed by atoms with E-state index in [9.17, 15) is 4.79 Å². The third-order valence-corrected chi connectivity index (χ3v) is 7.25. The summed E-state index contributed by atoms with van der Waals surface area (Å²) < 4.78 is 7.35. The quantitative estimate of drug-likeness (QED) is 0.410. The molecule has 0 unspecified atom stereocenters. The Morgan fingerprint density at radius 3 is 2.75 bits per heavy atom. The van der Waals surface area contributed by atoms with Crippen molar-refractivity contribution >= 4 is 16.8 Å². The number of nitrogens with zero attached hydrogens (tertiary/aromatic N) is 4. The van der Waals surface area contributed by atoms with E-state index in [2.05, 4.69) is 56.3 Å². The van der Waals surface area contributed by atoms with Gasteiger partial charge in [-0.1, -0.05) is 30.3 Å². The maximum atomic E-state index is 13.1. The second kappa shape index (κ2) is 9.74. The molecule has 3 heterocycles. The van der Waals surface area contributed by atoms with E-state index in [0.29, 0.717) is 11.7 Å². The van der Waals surface area contributed by atoms with Crippen molar-refractivity contribution in [1.82, 2.24) is 25.0 Å². The van der Waals surface area contributed by atoms with Crippen LogP contribution in [-0.4, -0.2) is 45.3 Å². The Labute approximate surface area is 211 Å². The third-order valence-electron chi connectivity index (χ3n) is 7.25. The number of methoxy groups -OCH3 is 1. The van der Waals surface area contributed by atoms with Crippen LogP contribution in [0.2, 0.25) is 0 Å². The van der Waals surface area contributed by atoms with Crippen LogP contribution in [0.25, 0.3) is 10.9 Å². The zero-order chi connectivity index (χ0) is 24.5. The smallest absolute Gasteiger partial charge is 0.272 e. The van der Waals surface area contributed by atoms with Gasteiger partial charge in [-0.3, -0.25) is 19.4 Å². The number of carbonyl (C=O) groups excluding carboxylic acids is 1. The fourth-order valence-electron chi connectivity index (χ4n) is 5.09. The Balaban J connectivity index is 1.24. The summed E-state index contributed by atoms with van der Waals surface area (Å²) in [5.41, 5.74) is 6.37. The molecule has 7 heteroatoms. The van der Waals surface area contributed by atoms with Crippen LogP contribution in [0.15, 0.2) is 60.8 Å². The van der Waals surface area contributed by atoms with Gasteiger partial charge in [0.1, 0.15) is 5.75 Å². The molecule has 0 saturated heterocycles. The zero-order valence-corrected chi connectivity index (χ0v) is 20.6. The van der Waals surface area contributed by atoms with Crippen LogP contribution in [-0.2, 0) is 32.5 Å². The lowest BCUT2D eigenvalue weighted by atomic mass is 10.0. The topological polar surface area (TPSA) is 72.3 Å². The van der Waals surface area contributed by atoms with Gasteiger partial charge in [-0.15, -0.1) is 0 Å². The summed E-state index contributed by atoms with van der Waals surface area (Å²) in [6.07, 6.45) is 5.75. The van der Waals surface area contributed by atoms with Gasteiger partial charge in [-0.05, 0) is 54.7 Å². The zero-order valence-electron chi connectivity index (χ0n) is 20.6. The first-order chi connectivity index (χ1) is 17.7. The SMILES string of the molecule is COc1ccc(CCn2nc(C(=O)NC3CC3)c3c2CCN(Cc2ccnc4ccccc24)C3)cc1. The maximum Gasteiger partial charge on any atom is 0.272 e. The highest BCUT2D eigenvalue weighted by Gasteiger charge is 2.31. The molecule has 2 aromatic carbocycles. The molecule has 0 spiro atoms. The standard InChI is InChI=1S/C29H31N5O2/c1-36-23-10-6-20(7-11-23)13-17-34-27-14-16-33(18-21-12-15-30-26-5-3-2-4-24(21)26)19-25(27)28(32-34)29(35)31-22-8-9-22/h2-7,10-12,15,22H,8-9,13-14,16-19H2,1H3,(H,31,35). The van der Waals surface area contributed by atoms with Crippen molar-refractivity contribution in [3.8, 4) is 5.75 Å². The Morgan fingerprint density at radius 2 is 1.94 bits per heavy atom. The van der Waals surface area contributed by atoms with Gasteiger partial charge in [0.15, 0.2) is 5.69 Å². The van der Waals surface area contributed by atoms with E-state index < -0.39 is 0 Å². The van der Waals surface area contributed by atoms with Crippen molar-refractivity contribution in [1.29, 1.82) is 0 Å². The van der Waals surface area contributed by atoms with Gasteiger partial charge in [-0.25, -0.2) is 0 Å². The average molecular weight is 482 g/mol. The summed E-state index contributed by atoms with van der Waals surface area (Å²) in [5.74, 6) is 0.824. The first kappa shape index (κ1) is 22.7. The number of aromatic nitrogens is 3. The van der Waals surface area contributed by atoms with Gasteiger partial charge < -0.3 is 10.1 Å². The Morgan fingerprint density at radius 1 is 1.11 bits per heavy atom.